The second kappa shape index (κ2) is 6.10. The van der Waals surface area contributed by atoms with E-state index in [9.17, 15) is 0 Å². The van der Waals surface area contributed by atoms with E-state index in [-0.39, 0.29) is 0 Å². The number of benzene rings is 1. The number of hydrogen-bond donors (Lipinski definition) is 1. The van der Waals surface area contributed by atoms with Gasteiger partial charge in [-0.1, -0.05) is 51.1 Å². The minimum Gasteiger partial charge on any atom is -0.376 e. The Balaban J connectivity index is 1.72. The van der Waals surface area contributed by atoms with Crippen molar-refractivity contribution in [2.45, 2.75) is 64.6 Å². The van der Waals surface area contributed by atoms with Gasteiger partial charge < -0.3 is 10.1 Å². The zero-order valence-electron chi connectivity index (χ0n) is 13.6. The predicted octanol–water partition coefficient (Wildman–Crippen LogP) is 4.32. The van der Waals surface area contributed by atoms with Gasteiger partial charge in [-0.2, -0.15) is 0 Å². The smallest absolute Gasteiger partial charge is 0.0757 e. The molecule has 0 aromatic heterocycles. The molecule has 1 saturated heterocycles. The fraction of sp³-hybridized carbons (Fsp3) is 0.684. The topological polar surface area (TPSA) is 21.3 Å². The van der Waals surface area contributed by atoms with Crippen molar-refractivity contribution in [1.29, 1.82) is 0 Å². The van der Waals surface area contributed by atoms with Crippen LogP contribution in [0.5, 0.6) is 0 Å². The first-order chi connectivity index (χ1) is 10.0. The largest absolute Gasteiger partial charge is 0.376 e. The molecule has 1 aromatic rings. The molecule has 1 N–H and O–H groups in total. The van der Waals surface area contributed by atoms with Crippen LogP contribution in [0, 0.1) is 11.3 Å². The summed E-state index contributed by atoms with van der Waals surface area (Å²) in [4.78, 5) is 0. The third-order valence-corrected chi connectivity index (χ3v) is 4.66. The molecule has 0 spiro atoms. The fourth-order valence-electron chi connectivity index (χ4n) is 3.51. The molecule has 3 unspecified atom stereocenters. The van der Waals surface area contributed by atoms with Crippen LogP contribution in [-0.4, -0.2) is 18.8 Å². The van der Waals surface area contributed by atoms with E-state index in [1.165, 1.54) is 18.4 Å². The molecule has 2 fully saturated rings. The monoisotopic (exact) mass is 287 g/mol. The van der Waals surface area contributed by atoms with Crippen LogP contribution >= 0.6 is 0 Å². The summed E-state index contributed by atoms with van der Waals surface area (Å²) in [5, 5.41) is 3.94. The summed E-state index contributed by atoms with van der Waals surface area (Å²) in [6.45, 7) is 7.91. The SMILES string of the molecule is CC(C)(C)CC(NC1CCOC1C1CC1)c1ccccc1. The molecule has 1 heterocycles. The highest BCUT2D eigenvalue weighted by Crippen LogP contribution is 2.40. The molecule has 3 rings (SSSR count). The van der Waals surface area contributed by atoms with Crippen LogP contribution in [0.4, 0.5) is 0 Å². The Morgan fingerprint density at radius 3 is 2.48 bits per heavy atom. The lowest BCUT2D eigenvalue weighted by Crippen LogP contribution is -2.41. The Labute approximate surface area is 129 Å². The molecule has 1 aromatic carbocycles. The summed E-state index contributed by atoms with van der Waals surface area (Å²) < 4.78 is 5.99. The number of hydrogen-bond acceptors (Lipinski definition) is 2. The summed E-state index contributed by atoms with van der Waals surface area (Å²) in [6, 6.07) is 11.9. The maximum atomic E-state index is 5.99. The van der Waals surface area contributed by atoms with Crippen molar-refractivity contribution in [2.24, 2.45) is 11.3 Å². The van der Waals surface area contributed by atoms with E-state index in [1.807, 2.05) is 0 Å². The van der Waals surface area contributed by atoms with Crippen LogP contribution in [-0.2, 0) is 4.74 Å². The Morgan fingerprint density at radius 1 is 1.14 bits per heavy atom. The molecular weight excluding hydrogens is 258 g/mol. The van der Waals surface area contributed by atoms with E-state index < -0.39 is 0 Å². The van der Waals surface area contributed by atoms with E-state index in [2.05, 4.69) is 56.4 Å². The molecule has 116 valence electrons. The van der Waals surface area contributed by atoms with Gasteiger partial charge in [0.2, 0.25) is 0 Å². The van der Waals surface area contributed by atoms with E-state index >= 15 is 0 Å². The molecule has 0 radical (unpaired) electrons. The predicted molar refractivity (Wildman–Crippen MR) is 87.3 cm³/mol. The molecule has 21 heavy (non-hydrogen) atoms. The Morgan fingerprint density at radius 2 is 1.86 bits per heavy atom. The van der Waals surface area contributed by atoms with Crippen LogP contribution in [0.1, 0.15) is 58.1 Å². The first kappa shape index (κ1) is 15.1. The van der Waals surface area contributed by atoms with E-state index in [1.54, 1.807) is 0 Å². The number of nitrogens with one attached hydrogen (secondary N) is 1. The van der Waals surface area contributed by atoms with Crippen LogP contribution in [0.25, 0.3) is 0 Å². The third kappa shape index (κ3) is 4.08. The lowest BCUT2D eigenvalue weighted by atomic mass is 9.85. The van der Waals surface area contributed by atoms with Crippen molar-refractivity contribution >= 4 is 0 Å². The van der Waals surface area contributed by atoms with Gasteiger partial charge in [0.25, 0.3) is 0 Å². The van der Waals surface area contributed by atoms with Crippen molar-refractivity contribution in [3.8, 4) is 0 Å². The van der Waals surface area contributed by atoms with Crippen LogP contribution in [0.2, 0.25) is 0 Å². The van der Waals surface area contributed by atoms with Gasteiger partial charge in [0.1, 0.15) is 0 Å². The Kier molecular flexibility index (Phi) is 4.37. The highest BCUT2D eigenvalue weighted by Gasteiger charge is 2.41. The maximum absolute atomic E-state index is 5.99. The quantitative estimate of drug-likeness (QED) is 0.870. The van der Waals surface area contributed by atoms with Crippen molar-refractivity contribution in [3.63, 3.8) is 0 Å². The summed E-state index contributed by atoms with van der Waals surface area (Å²) in [7, 11) is 0. The normalized spacial score (nSPS) is 27.8. The molecule has 1 saturated carbocycles. The first-order valence-electron chi connectivity index (χ1n) is 8.45. The van der Waals surface area contributed by atoms with Gasteiger partial charge >= 0.3 is 0 Å². The van der Waals surface area contributed by atoms with Gasteiger partial charge in [-0.15, -0.1) is 0 Å². The first-order valence-corrected chi connectivity index (χ1v) is 8.45. The molecule has 0 bridgehead atoms. The van der Waals surface area contributed by atoms with Crippen molar-refractivity contribution in [2.75, 3.05) is 6.61 Å². The summed E-state index contributed by atoms with van der Waals surface area (Å²) >= 11 is 0. The van der Waals surface area contributed by atoms with Crippen LogP contribution in [0.15, 0.2) is 30.3 Å². The average Bonchev–Trinajstić information content (AvgIpc) is 3.18. The Bertz CT molecular complexity index is 446. The van der Waals surface area contributed by atoms with Crippen molar-refractivity contribution < 1.29 is 4.74 Å². The zero-order chi connectivity index (χ0) is 14.9. The Hall–Kier alpha value is -0.860. The highest BCUT2D eigenvalue weighted by atomic mass is 16.5. The lowest BCUT2D eigenvalue weighted by Gasteiger charge is -2.31. The van der Waals surface area contributed by atoms with Gasteiger partial charge in [0.05, 0.1) is 6.10 Å². The van der Waals surface area contributed by atoms with Crippen molar-refractivity contribution in [1.82, 2.24) is 5.32 Å². The van der Waals surface area contributed by atoms with E-state index in [0.29, 0.717) is 23.6 Å². The van der Waals surface area contributed by atoms with Gasteiger partial charge in [0.15, 0.2) is 0 Å². The molecule has 1 aliphatic heterocycles. The molecule has 2 nitrogen and oxygen atoms in total. The summed E-state index contributed by atoms with van der Waals surface area (Å²) in [5.41, 5.74) is 1.73. The molecule has 0 amide bonds. The summed E-state index contributed by atoms with van der Waals surface area (Å²) in [6.07, 6.45) is 5.49. The molecular formula is C19H29NO. The molecule has 2 heteroatoms. The molecule has 1 aliphatic carbocycles. The third-order valence-electron chi connectivity index (χ3n) is 4.66. The number of rotatable bonds is 5. The van der Waals surface area contributed by atoms with Gasteiger partial charge in [-0.25, -0.2) is 0 Å². The average molecular weight is 287 g/mol. The highest BCUT2D eigenvalue weighted by molar-refractivity contribution is 5.19. The van der Waals surface area contributed by atoms with Crippen LogP contribution in [0.3, 0.4) is 0 Å². The molecule has 3 atom stereocenters. The van der Waals surface area contributed by atoms with Gasteiger partial charge in [-0.05, 0) is 42.6 Å². The zero-order valence-corrected chi connectivity index (χ0v) is 13.6. The number of ether oxygens (including phenoxy) is 1. The maximum Gasteiger partial charge on any atom is 0.0757 e. The van der Waals surface area contributed by atoms with E-state index in [4.69, 9.17) is 4.74 Å². The van der Waals surface area contributed by atoms with Crippen LogP contribution < -0.4 is 5.32 Å². The van der Waals surface area contributed by atoms with E-state index in [0.717, 1.165) is 25.4 Å². The summed E-state index contributed by atoms with van der Waals surface area (Å²) in [5.74, 6) is 0.816. The fourth-order valence-corrected chi connectivity index (χ4v) is 3.51. The van der Waals surface area contributed by atoms with Gasteiger partial charge in [0, 0.05) is 18.7 Å². The molecule has 2 aliphatic rings. The van der Waals surface area contributed by atoms with Crippen molar-refractivity contribution in [3.05, 3.63) is 35.9 Å². The lowest BCUT2D eigenvalue weighted by molar-refractivity contribution is 0.0773. The standard InChI is InChI=1S/C19H29NO/c1-19(2,3)13-17(14-7-5-4-6-8-14)20-16-11-12-21-18(16)15-9-10-15/h4-8,15-18,20H,9-13H2,1-3H3. The van der Waals surface area contributed by atoms with Gasteiger partial charge in [-0.3, -0.25) is 0 Å². The minimum absolute atomic E-state index is 0.321. The minimum atomic E-state index is 0.321. The second-order valence-electron chi connectivity index (χ2n) is 7.96. The second-order valence-corrected chi connectivity index (χ2v) is 7.96.